The first kappa shape index (κ1) is 19.7. The Bertz CT molecular complexity index is 985. The van der Waals surface area contributed by atoms with Gasteiger partial charge in [0.25, 0.3) is 11.8 Å². The summed E-state index contributed by atoms with van der Waals surface area (Å²) in [6.07, 6.45) is 1.43. The Morgan fingerprint density at radius 2 is 1.46 bits per heavy atom. The van der Waals surface area contributed by atoms with Gasteiger partial charge >= 0.3 is 0 Å². The summed E-state index contributed by atoms with van der Waals surface area (Å²) in [6, 6.07) is 13.4. The van der Waals surface area contributed by atoms with Gasteiger partial charge in [-0.25, -0.2) is 0 Å². The number of nitrogens with one attached hydrogen (secondary N) is 2. The lowest BCUT2D eigenvalue weighted by atomic mass is 10.1. The molecule has 3 rings (SSSR count). The lowest BCUT2D eigenvalue weighted by Gasteiger charge is -2.12. The van der Waals surface area contributed by atoms with E-state index in [4.69, 9.17) is 13.9 Å². The molecule has 2 amide bonds. The Morgan fingerprint density at radius 3 is 2.00 bits per heavy atom. The number of hydrogen-bond acceptors (Lipinski definition) is 5. The maximum Gasteiger partial charge on any atom is 0.291 e. The van der Waals surface area contributed by atoms with Crippen LogP contribution < -0.4 is 20.1 Å². The van der Waals surface area contributed by atoms with Crippen LogP contribution in [0.15, 0.2) is 59.2 Å². The fraction of sp³-hybridized carbons (Fsp3) is 0.100. The first-order valence-corrected chi connectivity index (χ1v) is 9.27. The van der Waals surface area contributed by atoms with Gasteiger partial charge in [-0.05, 0) is 71.1 Å². The number of amides is 2. The van der Waals surface area contributed by atoms with Gasteiger partial charge in [0.05, 0.1) is 26.0 Å². The van der Waals surface area contributed by atoms with E-state index >= 15 is 0 Å². The van der Waals surface area contributed by atoms with Crippen molar-refractivity contribution in [3.8, 4) is 11.5 Å². The summed E-state index contributed by atoms with van der Waals surface area (Å²) in [6.45, 7) is 0. The third-order valence-corrected chi connectivity index (χ3v) is 4.76. The molecule has 0 spiro atoms. The molecule has 1 aromatic heterocycles. The normalized spacial score (nSPS) is 10.2. The van der Waals surface area contributed by atoms with Crippen molar-refractivity contribution in [3.63, 3.8) is 0 Å². The predicted molar refractivity (Wildman–Crippen MR) is 113 cm³/mol. The van der Waals surface area contributed by atoms with E-state index in [1.165, 1.54) is 13.4 Å². The topological polar surface area (TPSA) is 89.8 Å². The Hall–Kier alpha value is -3.01. The molecule has 0 fully saturated rings. The number of benzene rings is 2. The molecule has 0 aliphatic rings. The molecular weight excluding hydrogens is 475 g/mol. The molecule has 0 aliphatic heterocycles. The summed E-state index contributed by atoms with van der Waals surface area (Å²) in [5.74, 6) is 0.629. The summed E-state index contributed by atoms with van der Waals surface area (Å²) in [5, 5.41) is 5.54. The highest BCUT2D eigenvalue weighted by molar-refractivity contribution is 14.1. The minimum Gasteiger partial charge on any atom is -0.493 e. The molecule has 0 unspecified atom stereocenters. The van der Waals surface area contributed by atoms with E-state index in [2.05, 4.69) is 33.2 Å². The van der Waals surface area contributed by atoms with Crippen molar-refractivity contribution < 1.29 is 23.5 Å². The molecule has 144 valence electrons. The second-order valence-electron chi connectivity index (χ2n) is 5.65. The van der Waals surface area contributed by atoms with Crippen molar-refractivity contribution >= 4 is 45.8 Å². The van der Waals surface area contributed by atoms with E-state index in [-0.39, 0.29) is 17.6 Å². The third-order valence-electron chi connectivity index (χ3n) is 3.86. The van der Waals surface area contributed by atoms with Crippen LogP contribution in [0.25, 0.3) is 0 Å². The molecule has 28 heavy (non-hydrogen) atoms. The number of furan rings is 1. The van der Waals surface area contributed by atoms with E-state index in [0.29, 0.717) is 28.4 Å². The van der Waals surface area contributed by atoms with Gasteiger partial charge in [-0.15, -0.1) is 0 Å². The number of ether oxygens (including phenoxy) is 2. The van der Waals surface area contributed by atoms with Crippen LogP contribution in [0.3, 0.4) is 0 Å². The van der Waals surface area contributed by atoms with Gasteiger partial charge in [0.1, 0.15) is 0 Å². The highest BCUT2D eigenvalue weighted by Crippen LogP contribution is 2.31. The minimum atomic E-state index is -0.346. The SMILES string of the molecule is COc1cc(I)c(C(=O)Nc2ccc(NC(=O)c3ccco3)cc2)cc1OC. The molecule has 0 aliphatic carbocycles. The molecule has 0 saturated carbocycles. The second-order valence-corrected chi connectivity index (χ2v) is 6.81. The first-order chi connectivity index (χ1) is 13.5. The zero-order valence-electron chi connectivity index (χ0n) is 15.1. The Balaban J connectivity index is 1.70. The summed E-state index contributed by atoms with van der Waals surface area (Å²) in [7, 11) is 3.06. The van der Waals surface area contributed by atoms with Gasteiger partial charge in [0, 0.05) is 14.9 Å². The van der Waals surface area contributed by atoms with Crippen molar-refractivity contribution in [1.82, 2.24) is 0 Å². The molecule has 0 bridgehead atoms. The Morgan fingerprint density at radius 1 is 0.893 bits per heavy atom. The molecule has 3 aromatic rings. The smallest absolute Gasteiger partial charge is 0.291 e. The van der Waals surface area contributed by atoms with Crippen LogP contribution in [-0.2, 0) is 0 Å². The van der Waals surface area contributed by atoms with Crippen molar-refractivity contribution in [3.05, 3.63) is 69.7 Å². The second kappa shape index (κ2) is 8.79. The Labute approximate surface area is 175 Å². The maximum absolute atomic E-state index is 12.6. The lowest BCUT2D eigenvalue weighted by Crippen LogP contribution is -2.14. The number of hydrogen-bond donors (Lipinski definition) is 2. The van der Waals surface area contributed by atoms with Crippen molar-refractivity contribution in [2.24, 2.45) is 0 Å². The molecule has 0 radical (unpaired) electrons. The highest BCUT2D eigenvalue weighted by Gasteiger charge is 2.16. The summed E-state index contributed by atoms with van der Waals surface area (Å²) >= 11 is 2.07. The molecule has 2 N–H and O–H groups in total. The monoisotopic (exact) mass is 492 g/mol. The minimum absolute atomic E-state index is 0.223. The van der Waals surface area contributed by atoms with Gasteiger partial charge in [0.15, 0.2) is 17.3 Å². The van der Waals surface area contributed by atoms with Crippen LogP contribution in [-0.4, -0.2) is 26.0 Å². The third kappa shape index (κ3) is 4.45. The fourth-order valence-corrected chi connectivity index (χ4v) is 3.15. The number of methoxy groups -OCH3 is 2. The number of carbonyl (C=O) groups is 2. The van der Waals surface area contributed by atoms with Crippen LogP contribution >= 0.6 is 22.6 Å². The van der Waals surface area contributed by atoms with Crippen molar-refractivity contribution in [1.29, 1.82) is 0 Å². The molecule has 1 heterocycles. The van der Waals surface area contributed by atoms with Gasteiger partial charge in [0.2, 0.25) is 0 Å². The zero-order chi connectivity index (χ0) is 20.1. The maximum atomic E-state index is 12.6. The fourth-order valence-electron chi connectivity index (χ4n) is 2.46. The highest BCUT2D eigenvalue weighted by atomic mass is 127. The molecule has 0 atom stereocenters. The van der Waals surface area contributed by atoms with Crippen molar-refractivity contribution in [2.45, 2.75) is 0 Å². The molecule has 2 aromatic carbocycles. The molecule has 0 saturated heterocycles. The van der Waals surface area contributed by atoms with Crippen LogP contribution in [0.4, 0.5) is 11.4 Å². The number of halogens is 1. The average Bonchev–Trinajstić information content (AvgIpc) is 3.24. The molecular formula is C20H17IN2O5. The zero-order valence-corrected chi connectivity index (χ0v) is 17.3. The number of carbonyl (C=O) groups excluding carboxylic acids is 2. The van der Waals surface area contributed by atoms with Crippen LogP contribution in [0, 0.1) is 3.57 Å². The van der Waals surface area contributed by atoms with Crippen LogP contribution in [0.5, 0.6) is 11.5 Å². The van der Waals surface area contributed by atoms with Crippen LogP contribution in [0.2, 0.25) is 0 Å². The Kier molecular flexibility index (Phi) is 6.19. The van der Waals surface area contributed by atoms with E-state index in [0.717, 1.165) is 3.57 Å². The number of anilines is 2. The summed E-state index contributed by atoms with van der Waals surface area (Å²) < 4.78 is 16.3. The van der Waals surface area contributed by atoms with E-state index in [1.807, 2.05) is 0 Å². The van der Waals surface area contributed by atoms with Gasteiger partial charge < -0.3 is 24.5 Å². The standard InChI is InChI=1S/C20H17IN2O5/c1-26-17-10-14(15(21)11-18(17)27-2)19(24)22-12-5-7-13(8-6-12)23-20(25)16-4-3-9-28-16/h3-11H,1-2H3,(H,22,24)(H,23,25). The largest absolute Gasteiger partial charge is 0.493 e. The van der Waals surface area contributed by atoms with E-state index in [1.54, 1.807) is 55.6 Å². The van der Waals surface area contributed by atoms with Gasteiger partial charge in [-0.2, -0.15) is 0 Å². The van der Waals surface area contributed by atoms with E-state index < -0.39 is 0 Å². The number of rotatable bonds is 6. The quantitative estimate of drug-likeness (QED) is 0.498. The molecule has 8 heteroatoms. The van der Waals surface area contributed by atoms with Crippen molar-refractivity contribution in [2.75, 3.05) is 24.9 Å². The van der Waals surface area contributed by atoms with Gasteiger partial charge in [-0.3, -0.25) is 9.59 Å². The predicted octanol–water partition coefficient (Wildman–Crippen LogP) is 4.41. The summed E-state index contributed by atoms with van der Waals surface area (Å²) in [5.41, 5.74) is 1.64. The lowest BCUT2D eigenvalue weighted by molar-refractivity contribution is 0.0994. The van der Waals surface area contributed by atoms with Gasteiger partial charge in [-0.1, -0.05) is 0 Å². The average molecular weight is 492 g/mol. The molecule has 7 nitrogen and oxygen atoms in total. The first-order valence-electron chi connectivity index (χ1n) is 8.19. The summed E-state index contributed by atoms with van der Waals surface area (Å²) in [4.78, 5) is 24.6. The van der Waals surface area contributed by atoms with Crippen LogP contribution in [0.1, 0.15) is 20.9 Å². The van der Waals surface area contributed by atoms with E-state index in [9.17, 15) is 9.59 Å².